The van der Waals surface area contributed by atoms with Crippen LogP contribution in [0.4, 0.5) is 0 Å². The first-order valence-corrected chi connectivity index (χ1v) is 8.05. The number of nitrogens with one attached hydrogen (secondary N) is 1. The van der Waals surface area contributed by atoms with Crippen molar-refractivity contribution in [2.24, 2.45) is 0 Å². The quantitative estimate of drug-likeness (QED) is 0.754. The molecule has 0 aliphatic heterocycles. The molecule has 0 saturated carbocycles. The SMILES string of the molecule is O=C(NCCC(O)c1cccs1)c1cc(=O)c2ccccc2o1. The number of amides is 1. The fraction of sp³-hybridized carbons (Fsp3) is 0.176. The van der Waals surface area contributed by atoms with Crippen LogP contribution in [0.1, 0.15) is 28.0 Å². The summed E-state index contributed by atoms with van der Waals surface area (Å²) in [6.45, 7) is 0.286. The van der Waals surface area contributed by atoms with Crippen molar-refractivity contribution in [2.45, 2.75) is 12.5 Å². The van der Waals surface area contributed by atoms with Crippen molar-refractivity contribution in [1.29, 1.82) is 0 Å². The van der Waals surface area contributed by atoms with Gasteiger partial charge in [-0.15, -0.1) is 11.3 Å². The summed E-state index contributed by atoms with van der Waals surface area (Å²) in [5, 5.41) is 15.0. The van der Waals surface area contributed by atoms with E-state index in [0.29, 0.717) is 17.4 Å². The largest absolute Gasteiger partial charge is 0.451 e. The van der Waals surface area contributed by atoms with E-state index < -0.39 is 12.0 Å². The van der Waals surface area contributed by atoms with E-state index in [9.17, 15) is 14.7 Å². The Hall–Kier alpha value is -2.44. The minimum atomic E-state index is -0.612. The number of hydrogen-bond donors (Lipinski definition) is 2. The maximum absolute atomic E-state index is 12.1. The van der Waals surface area contributed by atoms with Crippen LogP contribution >= 0.6 is 11.3 Å². The zero-order chi connectivity index (χ0) is 16.2. The summed E-state index contributed by atoms with van der Waals surface area (Å²) in [6.07, 6.45) is -0.219. The van der Waals surface area contributed by atoms with Crippen LogP contribution in [-0.2, 0) is 0 Å². The van der Waals surface area contributed by atoms with E-state index in [1.165, 1.54) is 17.4 Å². The van der Waals surface area contributed by atoms with E-state index in [0.717, 1.165) is 4.88 Å². The van der Waals surface area contributed by atoms with Crippen molar-refractivity contribution in [1.82, 2.24) is 5.32 Å². The van der Waals surface area contributed by atoms with Gasteiger partial charge in [0.1, 0.15) is 5.58 Å². The van der Waals surface area contributed by atoms with Gasteiger partial charge >= 0.3 is 0 Å². The Balaban J connectivity index is 1.65. The number of thiophene rings is 1. The molecule has 6 heteroatoms. The molecule has 1 unspecified atom stereocenters. The second-order valence-corrected chi connectivity index (χ2v) is 6.03. The molecule has 3 rings (SSSR count). The maximum Gasteiger partial charge on any atom is 0.287 e. The second kappa shape index (κ2) is 6.76. The highest BCUT2D eigenvalue weighted by atomic mass is 32.1. The summed E-state index contributed by atoms with van der Waals surface area (Å²) in [7, 11) is 0. The average molecular weight is 329 g/mol. The van der Waals surface area contributed by atoms with Crippen LogP contribution in [0.3, 0.4) is 0 Å². The van der Waals surface area contributed by atoms with Gasteiger partial charge in [0.2, 0.25) is 0 Å². The summed E-state index contributed by atoms with van der Waals surface area (Å²) in [5.41, 5.74) is 0.124. The Bertz CT molecular complexity index is 870. The molecule has 0 bridgehead atoms. The molecule has 2 aromatic heterocycles. The average Bonchev–Trinajstić information content (AvgIpc) is 3.09. The molecule has 23 heavy (non-hydrogen) atoms. The Morgan fingerprint density at radius 2 is 2.09 bits per heavy atom. The lowest BCUT2D eigenvalue weighted by molar-refractivity contribution is 0.0916. The lowest BCUT2D eigenvalue weighted by atomic mass is 10.2. The minimum absolute atomic E-state index is 0.0284. The van der Waals surface area contributed by atoms with Crippen LogP contribution in [0, 0.1) is 0 Å². The first-order chi connectivity index (χ1) is 11.1. The lowest BCUT2D eigenvalue weighted by Crippen LogP contribution is -2.26. The summed E-state index contributed by atoms with van der Waals surface area (Å²) in [5.74, 6) is -0.495. The molecule has 0 aliphatic carbocycles. The molecule has 1 atom stereocenters. The van der Waals surface area contributed by atoms with E-state index >= 15 is 0 Å². The molecule has 0 radical (unpaired) electrons. The van der Waals surface area contributed by atoms with Gasteiger partial charge in [0.15, 0.2) is 11.2 Å². The van der Waals surface area contributed by atoms with Crippen LogP contribution < -0.4 is 10.7 Å². The second-order valence-electron chi connectivity index (χ2n) is 5.05. The predicted octanol–water partition coefficient (Wildman–Crippen LogP) is 2.71. The monoisotopic (exact) mass is 329 g/mol. The standard InChI is InChI=1S/C17H15NO4S/c19-12(16-6-3-9-23-16)7-8-18-17(21)15-10-13(20)11-4-1-2-5-14(11)22-15/h1-6,9-10,12,19H,7-8H2,(H,18,21). The van der Waals surface area contributed by atoms with Gasteiger partial charge in [-0.3, -0.25) is 9.59 Å². The van der Waals surface area contributed by atoms with Gasteiger partial charge in [0.05, 0.1) is 11.5 Å². The molecular formula is C17H15NO4S. The molecule has 1 amide bonds. The van der Waals surface area contributed by atoms with Gasteiger partial charge in [-0.25, -0.2) is 0 Å². The minimum Gasteiger partial charge on any atom is -0.451 e. The summed E-state index contributed by atoms with van der Waals surface area (Å²) >= 11 is 1.47. The fourth-order valence-corrected chi connectivity index (χ4v) is 2.99. The van der Waals surface area contributed by atoms with Gasteiger partial charge in [0.25, 0.3) is 5.91 Å². The Kier molecular flexibility index (Phi) is 4.55. The topological polar surface area (TPSA) is 79.5 Å². The van der Waals surface area contributed by atoms with Gasteiger partial charge in [-0.1, -0.05) is 18.2 Å². The van der Waals surface area contributed by atoms with E-state index in [4.69, 9.17) is 4.42 Å². The summed E-state index contributed by atoms with van der Waals surface area (Å²) < 4.78 is 5.46. The van der Waals surface area contributed by atoms with Gasteiger partial charge in [0, 0.05) is 17.5 Å². The van der Waals surface area contributed by atoms with Crippen LogP contribution in [-0.4, -0.2) is 17.6 Å². The van der Waals surface area contributed by atoms with Gasteiger partial charge in [-0.2, -0.15) is 0 Å². The van der Waals surface area contributed by atoms with Crippen LogP contribution in [0.25, 0.3) is 11.0 Å². The summed E-state index contributed by atoms with van der Waals surface area (Å²) in [6, 6.07) is 11.7. The first-order valence-electron chi connectivity index (χ1n) is 7.18. The molecular weight excluding hydrogens is 314 g/mol. The highest BCUT2D eigenvalue weighted by Gasteiger charge is 2.13. The van der Waals surface area contributed by atoms with Crippen molar-refractivity contribution in [3.8, 4) is 0 Å². The van der Waals surface area contributed by atoms with Crippen molar-refractivity contribution in [3.63, 3.8) is 0 Å². The fourth-order valence-electron chi connectivity index (χ4n) is 2.25. The predicted molar refractivity (Wildman–Crippen MR) is 88.7 cm³/mol. The Morgan fingerprint density at radius 3 is 2.87 bits per heavy atom. The third-order valence-corrected chi connectivity index (χ3v) is 4.41. The summed E-state index contributed by atoms with van der Waals surface area (Å²) in [4.78, 5) is 24.9. The number of para-hydroxylation sites is 1. The van der Waals surface area contributed by atoms with Crippen molar-refractivity contribution >= 4 is 28.2 Å². The normalized spacial score (nSPS) is 12.2. The van der Waals surface area contributed by atoms with E-state index in [1.54, 1.807) is 24.3 Å². The molecule has 0 fully saturated rings. The Labute approximate surface area is 136 Å². The maximum atomic E-state index is 12.1. The molecule has 118 valence electrons. The lowest BCUT2D eigenvalue weighted by Gasteiger charge is -2.09. The highest BCUT2D eigenvalue weighted by molar-refractivity contribution is 7.10. The molecule has 3 aromatic rings. The molecule has 2 N–H and O–H groups in total. The van der Waals surface area contributed by atoms with Crippen LogP contribution in [0.15, 0.2) is 57.1 Å². The van der Waals surface area contributed by atoms with Gasteiger partial charge < -0.3 is 14.8 Å². The van der Waals surface area contributed by atoms with E-state index in [1.807, 2.05) is 17.5 Å². The zero-order valence-electron chi connectivity index (χ0n) is 12.2. The number of aliphatic hydroxyl groups is 1. The van der Waals surface area contributed by atoms with Gasteiger partial charge in [-0.05, 0) is 30.0 Å². The molecule has 0 aliphatic rings. The van der Waals surface area contributed by atoms with Crippen LogP contribution in [0.5, 0.6) is 0 Å². The number of benzene rings is 1. The van der Waals surface area contributed by atoms with Crippen molar-refractivity contribution < 1.29 is 14.3 Å². The smallest absolute Gasteiger partial charge is 0.287 e. The van der Waals surface area contributed by atoms with Crippen molar-refractivity contribution in [3.05, 3.63) is 68.7 Å². The number of rotatable bonds is 5. The number of hydrogen-bond acceptors (Lipinski definition) is 5. The number of aliphatic hydroxyl groups excluding tert-OH is 1. The number of carbonyl (C=O) groups excluding carboxylic acids is 1. The molecule has 1 aromatic carbocycles. The van der Waals surface area contributed by atoms with E-state index in [2.05, 4.69) is 5.32 Å². The third kappa shape index (κ3) is 3.49. The first kappa shape index (κ1) is 15.5. The Morgan fingerprint density at radius 1 is 1.26 bits per heavy atom. The zero-order valence-corrected chi connectivity index (χ0v) is 13.0. The van der Waals surface area contributed by atoms with Crippen LogP contribution in [0.2, 0.25) is 0 Å². The molecule has 5 nitrogen and oxygen atoms in total. The third-order valence-electron chi connectivity index (χ3n) is 3.43. The number of carbonyl (C=O) groups is 1. The number of fused-ring (bicyclic) bond motifs is 1. The molecule has 0 saturated heterocycles. The molecule has 2 heterocycles. The molecule has 0 spiro atoms. The van der Waals surface area contributed by atoms with Crippen molar-refractivity contribution in [2.75, 3.05) is 6.54 Å². The van der Waals surface area contributed by atoms with E-state index in [-0.39, 0.29) is 17.7 Å². The highest BCUT2D eigenvalue weighted by Crippen LogP contribution is 2.21.